The maximum Gasteiger partial charge on any atom is 0.359 e. The van der Waals surface area contributed by atoms with Crippen LogP contribution in [-0.4, -0.2) is 27.2 Å². The van der Waals surface area contributed by atoms with Crippen molar-refractivity contribution in [2.75, 3.05) is 6.61 Å². The number of aromatic nitrogens is 3. The Bertz CT molecular complexity index is 814. The van der Waals surface area contributed by atoms with Crippen molar-refractivity contribution in [3.05, 3.63) is 53.3 Å². The zero-order valence-electron chi connectivity index (χ0n) is 11.3. The van der Waals surface area contributed by atoms with Gasteiger partial charge in [-0.25, -0.2) is 14.3 Å². The van der Waals surface area contributed by atoms with Gasteiger partial charge in [0.1, 0.15) is 5.69 Å². The van der Waals surface area contributed by atoms with Gasteiger partial charge in [0, 0.05) is 11.8 Å². The molecule has 0 aliphatic heterocycles. The monoisotopic (exact) mass is 301 g/mol. The Kier molecular flexibility index (Phi) is 3.58. The molecule has 0 saturated heterocycles. The van der Waals surface area contributed by atoms with Crippen molar-refractivity contribution in [2.24, 2.45) is 0 Å². The van der Waals surface area contributed by atoms with Gasteiger partial charge in [-0.15, -0.1) is 0 Å². The van der Waals surface area contributed by atoms with E-state index >= 15 is 0 Å². The number of carbonyl (C=O) groups excluding carboxylic acids is 1. The highest BCUT2D eigenvalue weighted by atomic mass is 35.5. The minimum Gasteiger partial charge on any atom is -0.461 e. The fraction of sp³-hybridized carbons (Fsp3) is 0.133. The van der Waals surface area contributed by atoms with Crippen LogP contribution in [0.1, 0.15) is 17.4 Å². The molecule has 0 amide bonds. The molecule has 5 nitrogen and oxygen atoms in total. The second kappa shape index (κ2) is 5.54. The summed E-state index contributed by atoms with van der Waals surface area (Å²) in [5.41, 5.74) is 1.99. The summed E-state index contributed by atoms with van der Waals surface area (Å²) in [6.45, 7) is 2.03. The second-order valence-corrected chi connectivity index (χ2v) is 4.71. The first-order chi connectivity index (χ1) is 10.2. The third kappa shape index (κ3) is 2.36. The summed E-state index contributed by atoms with van der Waals surface area (Å²) in [6, 6.07) is 10.8. The lowest BCUT2D eigenvalue weighted by Crippen LogP contribution is -2.10. The lowest BCUT2D eigenvalue weighted by Gasteiger charge is -2.05. The van der Waals surface area contributed by atoms with Gasteiger partial charge >= 0.3 is 5.97 Å². The molecule has 3 aromatic rings. The molecule has 21 heavy (non-hydrogen) atoms. The van der Waals surface area contributed by atoms with Crippen molar-refractivity contribution in [2.45, 2.75) is 6.92 Å². The van der Waals surface area contributed by atoms with Gasteiger partial charge in [0.05, 0.1) is 11.6 Å². The fourth-order valence-electron chi connectivity index (χ4n) is 2.11. The van der Waals surface area contributed by atoms with Crippen LogP contribution in [0.3, 0.4) is 0 Å². The molecular formula is C15H12ClN3O2. The maximum atomic E-state index is 12.3. The normalized spacial score (nSPS) is 10.8. The number of hydrogen-bond acceptors (Lipinski definition) is 4. The maximum absolute atomic E-state index is 12.3. The summed E-state index contributed by atoms with van der Waals surface area (Å²) in [7, 11) is 0. The van der Waals surface area contributed by atoms with E-state index in [0.717, 1.165) is 0 Å². The van der Waals surface area contributed by atoms with Crippen molar-refractivity contribution in [3.8, 4) is 11.3 Å². The average Bonchev–Trinajstić information content (AvgIpc) is 2.87. The molecule has 0 aliphatic rings. The van der Waals surface area contributed by atoms with Crippen LogP contribution in [0.4, 0.5) is 0 Å². The van der Waals surface area contributed by atoms with E-state index in [1.807, 2.05) is 18.2 Å². The predicted molar refractivity (Wildman–Crippen MR) is 79.4 cm³/mol. The first kappa shape index (κ1) is 13.6. The van der Waals surface area contributed by atoms with E-state index in [4.69, 9.17) is 16.3 Å². The van der Waals surface area contributed by atoms with Gasteiger partial charge in [-0.1, -0.05) is 29.8 Å². The van der Waals surface area contributed by atoms with Gasteiger partial charge in [-0.05, 0) is 25.1 Å². The van der Waals surface area contributed by atoms with E-state index in [-0.39, 0.29) is 12.3 Å². The van der Waals surface area contributed by atoms with Crippen molar-refractivity contribution >= 4 is 23.2 Å². The van der Waals surface area contributed by atoms with Crippen LogP contribution >= 0.6 is 11.6 Å². The lowest BCUT2D eigenvalue weighted by atomic mass is 10.1. The number of fused-ring (bicyclic) bond motifs is 1. The molecule has 106 valence electrons. The smallest absolute Gasteiger partial charge is 0.359 e. The number of hydrogen-bond donors (Lipinski definition) is 0. The highest BCUT2D eigenvalue weighted by Gasteiger charge is 2.23. The molecule has 0 spiro atoms. The molecule has 0 bridgehead atoms. The number of rotatable bonds is 3. The van der Waals surface area contributed by atoms with E-state index in [1.54, 1.807) is 31.3 Å². The topological polar surface area (TPSA) is 56.5 Å². The molecule has 0 saturated carbocycles. The Hall–Kier alpha value is -2.40. The zero-order chi connectivity index (χ0) is 14.8. The molecule has 0 N–H and O–H groups in total. The molecule has 2 aromatic heterocycles. The number of esters is 1. The van der Waals surface area contributed by atoms with Crippen LogP contribution in [0.15, 0.2) is 42.6 Å². The van der Waals surface area contributed by atoms with Gasteiger partial charge in [0.25, 0.3) is 0 Å². The van der Waals surface area contributed by atoms with Crippen molar-refractivity contribution in [1.82, 2.24) is 14.6 Å². The van der Waals surface area contributed by atoms with E-state index in [9.17, 15) is 4.79 Å². The first-order valence-corrected chi connectivity index (χ1v) is 6.86. The fourth-order valence-corrected chi connectivity index (χ4v) is 2.34. The number of halogens is 1. The largest absolute Gasteiger partial charge is 0.461 e. The standard InChI is InChI=1S/C15H12ClN3O2/c1-2-21-15(20)14-13(10-6-3-4-7-11(10)16)18-12-8-5-9-17-19(12)14/h3-9H,2H2,1H3. The molecule has 2 heterocycles. The molecule has 1 aromatic carbocycles. The third-order valence-corrected chi connectivity index (χ3v) is 3.32. The van der Waals surface area contributed by atoms with Gasteiger partial charge < -0.3 is 4.74 Å². The molecule has 0 aliphatic carbocycles. The Morgan fingerprint density at radius 3 is 2.86 bits per heavy atom. The zero-order valence-corrected chi connectivity index (χ0v) is 12.0. The molecule has 0 unspecified atom stereocenters. The minimum atomic E-state index is -0.474. The molecular weight excluding hydrogens is 290 g/mol. The molecule has 0 fully saturated rings. The van der Waals surface area contributed by atoms with Gasteiger partial charge in [-0.2, -0.15) is 5.10 Å². The summed E-state index contributed by atoms with van der Waals surface area (Å²) in [5.74, 6) is -0.474. The highest BCUT2D eigenvalue weighted by molar-refractivity contribution is 6.33. The summed E-state index contributed by atoms with van der Waals surface area (Å²) < 4.78 is 6.58. The van der Waals surface area contributed by atoms with Crippen molar-refractivity contribution < 1.29 is 9.53 Å². The highest BCUT2D eigenvalue weighted by Crippen LogP contribution is 2.30. The van der Waals surface area contributed by atoms with Crippen molar-refractivity contribution in [3.63, 3.8) is 0 Å². The van der Waals surface area contributed by atoms with Crippen LogP contribution in [0.25, 0.3) is 16.9 Å². The summed E-state index contributed by atoms with van der Waals surface area (Å²) in [4.78, 5) is 16.7. The van der Waals surface area contributed by atoms with Gasteiger partial charge in [0.15, 0.2) is 11.3 Å². The predicted octanol–water partition coefficient (Wildman–Crippen LogP) is 3.23. The van der Waals surface area contributed by atoms with E-state index < -0.39 is 5.97 Å². The Morgan fingerprint density at radius 2 is 2.10 bits per heavy atom. The van der Waals surface area contributed by atoms with Crippen LogP contribution in [0.5, 0.6) is 0 Å². The number of nitrogens with zero attached hydrogens (tertiary/aromatic N) is 3. The van der Waals surface area contributed by atoms with Crippen LogP contribution in [0, 0.1) is 0 Å². The van der Waals surface area contributed by atoms with Gasteiger partial charge in [0.2, 0.25) is 0 Å². The van der Waals surface area contributed by atoms with Crippen LogP contribution < -0.4 is 0 Å². The second-order valence-electron chi connectivity index (χ2n) is 4.30. The summed E-state index contributed by atoms with van der Waals surface area (Å²) >= 11 is 6.22. The van der Waals surface area contributed by atoms with Crippen molar-refractivity contribution in [1.29, 1.82) is 0 Å². The van der Waals surface area contributed by atoms with E-state index in [1.165, 1.54) is 4.52 Å². The van der Waals surface area contributed by atoms with Crippen LogP contribution in [-0.2, 0) is 4.74 Å². The molecule has 6 heteroatoms. The van der Waals surface area contributed by atoms with Crippen LogP contribution in [0.2, 0.25) is 5.02 Å². The van der Waals surface area contributed by atoms with E-state index in [2.05, 4.69) is 10.1 Å². The van der Waals surface area contributed by atoms with Gasteiger partial charge in [-0.3, -0.25) is 0 Å². The quantitative estimate of drug-likeness (QED) is 0.697. The lowest BCUT2D eigenvalue weighted by molar-refractivity contribution is 0.0518. The van der Waals surface area contributed by atoms with E-state index in [0.29, 0.717) is 21.9 Å². The summed E-state index contributed by atoms with van der Waals surface area (Å²) in [5, 5.41) is 4.69. The SMILES string of the molecule is CCOC(=O)c1c(-c2ccccc2Cl)nc2cccnn12. The molecule has 3 rings (SSSR count). The average molecular weight is 302 g/mol. The summed E-state index contributed by atoms with van der Waals surface area (Å²) in [6.07, 6.45) is 1.59. The number of benzene rings is 1. The number of carbonyl (C=O) groups is 1. The first-order valence-electron chi connectivity index (χ1n) is 6.48. The Morgan fingerprint density at radius 1 is 1.29 bits per heavy atom. The molecule has 0 radical (unpaired) electrons. The molecule has 0 atom stereocenters. The Labute approximate surface area is 126 Å². The number of ether oxygens (including phenoxy) is 1. The number of imidazole rings is 1. The third-order valence-electron chi connectivity index (χ3n) is 2.99. The minimum absolute atomic E-state index is 0.278. The Balaban J connectivity index is 2.29.